The Morgan fingerprint density at radius 2 is 2.15 bits per heavy atom. The molecule has 4 nitrogen and oxygen atoms in total. The van der Waals surface area contributed by atoms with Gasteiger partial charge in [0.15, 0.2) is 6.61 Å². The van der Waals surface area contributed by atoms with E-state index in [0.717, 1.165) is 36.7 Å². The standard InChI is InChI=1S/C15H20BrNO3/c16-12-5-7-14(8-6-12)20-11-15(19)17-9-1-3-13(17)4-2-10-18/h5-8,13,18H,1-4,9-11H2. The molecule has 1 aliphatic heterocycles. The second kappa shape index (κ2) is 7.64. The average Bonchev–Trinajstić information content (AvgIpc) is 2.92. The molecule has 1 N–H and O–H groups in total. The minimum absolute atomic E-state index is 0.0355. The molecular formula is C15H20BrNO3. The highest BCUT2D eigenvalue weighted by molar-refractivity contribution is 9.10. The highest BCUT2D eigenvalue weighted by atomic mass is 79.9. The van der Waals surface area contributed by atoms with E-state index in [2.05, 4.69) is 15.9 Å². The summed E-state index contributed by atoms with van der Waals surface area (Å²) in [6.45, 7) is 1.07. The third-order valence-electron chi connectivity index (χ3n) is 3.57. The lowest BCUT2D eigenvalue weighted by Crippen LogP contribution is -2.38. The number of likely N-dealkylation sites (tertiary alicyclic amines) is 1. The zero-order chi connectivity index (χ0) is 14.4. The van der Waals surface area contributed by atoms with Crippen molar-refractivity contribution >= 4 is 21.8 Å². The number of halogens is 1. The summed E-state index contributed by atoms with van der Waals surface area (Å²) in [6, 6.07) is 7.72. The van der Waals surface area contributed by atoms with Crippen LogP contribution in [0.15, 0.2) is 28.7 Å². The summed E-state index contributed by atoms with van der Waals surface area (Å²) in [6.07, 6.45) is 3.70. The van der Waals surface area contributed by atoms with Gasteiger partial charge in [0.1, 0.15) is 5.75 Å². The van der Waals surface area contributed by atoms with Crippen LogP contribution in [0, 0.1) is 0 Å². The number of benzene rings is 1. The fourth-order valence-corrected chi connectivity index (χ4v) is 2.81. The van der Waals surface area contributed by atoms with E-state index in [1.165, 1.54) is 0 Å². The topological polar surface area (TPSA) is 49.8 Å². The first-order chi connectivity index (χ1) is 9.70. The monoisotopic (exact) mass is 341 g/mol. The highest BCUT2D eigenvalue weighted by Gasteiger charge is 2.28. The van der Waals surface area contributed by atoms with Gasteiger partial charge in [0.25, 0.3) is 5.91 Å². The molecule has 0 bridgehead atoms. The molecule has 1 heterocycles. The number of nitrogens with zero attached hydrogens (tertiary/aromatic N) is 1. The van der Waals surface area contributed by atoms with Gasteiger partial charge in [0, 0.05) is 23.7 Å². The molecule has 0 aliphatic carbocycles. The van der Waals surface area contributed by atoms with E-state index in [9.17, 15) is 4.79 Å². The van der Waals surface area contributed by atoms with Crippen LogP contribution in [-0.4, -0.2) is 41.7 Å². The molecule has 5 heteroatoms. The van der Waals surface area contributed by atoms with Crippen LogP contribution in [0.4, 0.5) is 0 Å². The Bertz CT molecular complexity index is 435. The van der Waals surface area contributed by atoms with Gasteiger partial charge in [0.05, 0.1) is 0 Å². The molecule has 0 saturated carbocycles. The normalized spacial score (nSPS) is 18.3. The van der Waals surface area contributed by atoms with Crippen LogP contribution in [0.2, 0.25) is 0 Å². The van der Waals surface area contributed by atoms with E-state index in [0.29, 0.717) is 5.75 Å². The van der Waals surface area contributed by atoms with Crippen LogP contribution >= 0.6 is 15.9 Å². The summed E-state index contributed by atoms with van der Waals surface area (Å²) in [5.41, 5.74) is 0. The maximum absolute atomic E-state index is 12.2. The number of carbonyl (C=O) groups is 1. The third-order valence-corrected chi connectivity index (χ3v) is 4.10. The third kappa shape index (κ3) is 4.21. The van der Waals surface area contributed by atoms with Crippen LogP contribution in [0.1, 0.15) is 25.7 Å². The van der Waals surface area contributed by atoms with E-state index >= 15 is 0 Å². The Labute approximate surface area is 127 Å². The van der Waals surface area contributed by atoms with Crippen molar-refractivity contribution in [2.75, 3.05) is 19.8 Å². The van der Waals surface area contributed by atoms with E-state index in [1.807, 2.05) is 29.2 Å². The number of ether oxygens (including phenoxy) is 1. The van der Waals surface area contributed by atoms with Crippen LogP contribution in [-0.2, 0) is 4.79 Å². The first-order valence-electron chi connectivity index (χ1n) is 6.99. The molecule has 1 atom stereocenters. The maximum atomic E-state index is 12.2. The lowest BCUT2D eigenvalue weighted by atomic mass is 10.1. The lowest BCUT2D eigenvalue weighted by Gasteiger charge is -2.24. The summed E-state index contributed by atoms with van der Waals surface area (Å²) in [4.78, 5) is 14.1. The van der Waals surface area contributed by atoms with Gasteiger partial charge >= 0.3 is 0 Å². The van der Waals surface area contributed by atoms with Crippen LogP contribution in [0.25, 0.3) is 0 Å². The van der Waals surface area contributed by atoms with Gasteiger partial charge in [-0.2, -0.15) is 0 Å². The number of rotatable bonds is 6. The van der Waals surface area contributed by atoms with Crippen molar-refractivity contribution < 1.29 is 14.6 Å². The summed E-state index contributed by atoms with van der Waals surface area (Å²) >= 11 is 3.36. The summed E-state index contributed by atoms with van der Waals surface area (Å²) in [7, 11) is 0. The quantitative estimate of drug-likeness (QED) is 0.865. The van der Waals surface area contributed by atoms with E-state index < -0.39 is 0 Å². The summed E-state index contributed by atoms with van der Waals surface area (Å²) in [5, 5.41) is 8.89. The van der Waals surface area contributed by atoms with E-state index in [1.54, 1.807) is 0 Å². The molecule has 1 unspecified atom stereocenters. The van der Waals surface area contributed by atoms with Crippen LogP contribution < -0.4 is 4.74 Å². The first-order valence-corrected chi connectivity index (χ1v) is 7.78. The van der Waals surface area contributed by atoms with Gasteiger partial charge in [0.2, 0.25) is 0 Å². The zero-order valence-electron chi connectivity index (χ0n) is 11.4. The van der Waals surface area contributed by atoms with Gasteiger partial charge in [-0.15, -0.1) is 0 Å². The van der Waals surface area contributed by atoms with Crippen molar-refractivity contribution in [1.29, 1.82) is 0 Å². The minimum Gasteiger partial charge on any atom is -0.484 e. The Morgan fingerprint density at radius 3 is 2.85 bits per heavy atom. The van der Waals surface area contributed by atoms with Gasteiger partial charge in [-0.25, -0.2) is 0 Å². The molecule has 1 fully saturated rings. The number of aliphatic hydroxyl groups is 1. The first kappa shape index (κ1) is 15.3. The van der Waals surface area contributed by atoms with Gasteiger partial charge in [-0.05, 0) is 49.9 Å². The fraction of sp³-hybridized carbons (Fsp3) is 0.533. The number of hydrogen-bond donors (Lipinski definition) is 1. The molecule has 1 aromatic carbocycles. The minimum atomic E-state index is 0.0355. The van der Waals surface area contributed by atoms with Crippen molar-refractivity contribution in [3.05, 3.63) is 28.7 Å². The number of aliphatic hydroxyl groups excluding tert-OH is 1. The number of carbonyl (C=O) groups excluding carboxylic acids is 1. The molecule has 20 heavy (non-hydrogen) atoms. The van der Waals surface area contributed by atoms with Gasteiger partial charge in [-0.1, -0.05) is 15.9 Å². The molecule has 1 aliphatic rings. The lowest BCUT2D eigenvalue weighted by molar-refractivity contribution is -0.134. The molecule has 0 radical (unpaired) electrons. The maximum Gasteiger partial charge on any atom is 0.260 e. The Morgan fingerprint density at radius 1 is 1.40 bits per heavy atom. The Hall–Kier alpha value is -1.07. The molecule has 2 rings (SSSR count). The molecule has 0 spiro atoms. The van der Waals surface area contributed by atoms with Crippen LogP contribution in [0.3, 0.4) is 0 Å². The van der Waals surface area contributed by atoms with Crippen molar-refractivity contribution in [2.24, 2.45) is 0 Å². The molecule has 1 aromatic rings. The zero-order valence-corrected chi connectivity index (χ0v) is 13.0. The van der Waals surface area contributed by atoms with E-state index in [-0.39, 0.29) is 25.2 Å². The second-order valence-corrected chi connectivity index (χ2v) is 5.91. The average molecular weight is 342 g/mol. The number of hydrogen-bond acceptors (Lipinski definition) is 3. The summed E-state index contributed by atoms with van der Waals surface area (Å²) < 4.78 is 6.51. The highest BCUT2D eigenvalue weighted by Crippen LogP contribution is 2.22. The Balaban J connectivity index is 1.83. The smallest absolute Gasteiger partial charge is 0.260 e. The van der Waals surface area contributed by atoms with Crippen molar-refractivity contribution in [3.8, 4) is 5.75 Å². The van der Waals surface area contributed by atoms with Gasteiger partial charge in [-0.3, -0.25) is 4.79 Å². The second-order valence-electron chi connectivity index (χ2n) is 4.99. The largest absolute Gasteiger partial charge is 0.484 e. The predicted molar refractivity (Wildman–Crippen MR) is 80.7 cm³/mol. The molecule has 110 valence electrons. The summed E-state index contributed by atoms with van der Waals surface area (Å²) in [5.74, 6) is 0.737. The Kier molecular flexibility index (Phi) is 5.86. The SMILES string of the molecule is O=C(COc1ccc(Br)cc1)N1CCCC1CCCO. The molecule has 1 saturated heterocycles. The van der Waals surface area contributed by atoms with Crippen molar-refractivity contribution in [3.63, 3.8) is 0 Å². The van der Waals surface area contributed by atoms with Gasteiger partial charge < -0.3 is 14.7 Å². The van der Waals surface area contributed by atoms with Crippen LogP contribution in [0.5, 0.6) is 5.75 Å². The van der Waals surface area contributed by atoms with Crippen molar-refractivity contribution in [2.45, 2.75) is 31.7 Å². The molecule has 0 aromatic heterocycles. The molecular weight excluding hydrogens is 322 g/mol. The van der Waals surface area contributed by atoms with Crippen molar-refractivity contribution in [1.82, 2.24) is 4.90 Å². The predicted octanol–water partition coefficient (Wildman–Crippen LogP) is 2.59. The fourth-order valence-electron chi connectivity index (χ4n) is 2.55. The van der Waals surface area contributed by atoms with E-state index in [4.69, 9.17) is 9.84 Å². The number of amides is 1. The molecule has 1 amide bonds.